The molecular formula is C26H38N5O5PS. The molecule has 1 aromatic rings. The Morgan fingerprint density at radius 2 is 2.03 bits per heavy atom. The SMILES string of the molecule is [2H]C[C@H]1O[C@@H](N2C=CC(=O)NC2=C)[C@@H](OC(=S)Nc2ccccc2)C1OP(ONCC=C)N(C(C)C)C(C)C. The molecule has 5 atom stereocenters. The largest absolute Gasteiger partial charge is 0.460 e. The lowest BCUT2D eigenvalue weighted by Gasteiger charge is -2.38. The molecule has 38 heavy (non-hydrogen) atoms. The number of hydrogen-bond acceptors (Lipinski definition) is 9. The Kier molecular flexibility index (Phi) is 10.7. The van der Waals surface area contributed by atoms with Crippen LogP contribution in [0.4, 0.5) is 5.69 Å². The van der Waals surface area contributed by atoms with E-state index in [2.05, 4.69) is 61.6 Å². The highest BCUT2D eigenvalue weighted by molar-refractivity contribution is 7.80. The molecule has 1 amide bonds. The fourth-order valence-electron chi connectivity index (χ4n) is 4.05. The van der Waals surface area contributed by atoms with E-state index in [1.165, 1.54) is 6.08 Å². The van der Waals surface area contributed by atoms with Gasteiger partial charge in [-0.1, -0.05) is 30.9 Å². The quantitative estimate of drug-likeness (QED) is 0.112. The van der Waals surface area contributed by atoms with Crippen LogP contribution in [0.25, 0.3) is 0 Å². The van der Waals surface area contributed by atoms with E-state index < -0.39 is 33.1 Å². The number of carbonyl (C=O) groups excluding carboxylic acids is 1. The Labute approximate surface area is 233 Å². The predicted molar refractivity (Wildman–Crippen MR) is 153 cm³/mol. The van der Waals surface area contributed by atoms with Gasteiger partial charge in [-0.05, 0) is 58.9 Å². The molecule has 3 rings (SSSR count). The minimum atomic E-state index is -1.67. The molecule has 2 unspecified atom stereocenters. The average Bonchev–Trinajstić information content (AvgIpc) is 3.20. The van der Waals surface area contributed by atoms with Gasteiger partial charge < -0.3 is 29.5 Å². The van der Waals surface area contributed by atoms with Gasteiger partial charge in [-0.25, -0.2) is 9.29 Å². The third-order valence-corrected chi connectivity index (χ3v) is 7.83. The van der Waals surface area contributed by atoms with Crippen molar-refractivity contribution in [3.63, 3.8) is 0 Å². The number of nitrogens with one attached hydrogen (secondary N) is 3. The molecule has 208 valence electrons. The fourth-order valence-corrected chi connectivity index (χ4v) is 5.93. The second kappa shape index (κ2) is 14.1. The lowest BCUT2D eigenvalue weighted by molar-refractivity contribution is -0.118. The minimum Gasteiger partial charge on any atom is -0.460 e. The zero-order valence-corrected chi connectivity index (χ0v) is 23.9. The molecule has 2 aliphatic heterocycles. The number of carbonyl (C=O) groups is 1. The van der Waals surface area contributed by atoms with Crippen molar-refractivity contribution in [3.8, 4) is 0 Å². The maximum absolute atomic E-state index is 11.9. The number of hydroxylamine groups is 1. The normalized spacial score (nSPS) is 24.5. The van der Waals surface area contributed by atoms with Crippen LogP contribution in [0, 0.1) is 0 Å². The van der Waals surface area contributed by atoms with Crippen molar-refractivity contribution < 1.29 is 24.8 Å². The van der Waals surface area contributed by atoms with Gasteiger partial charge in [0.15, 0.2) is 12.3 Å². The van der Waals surface area contributed by atoms with Crippen molar-refractivity contribution in [2.24, 2.45) is 0 Å². The molecule has 10 nitrogen and oxygen atoms in total. The number of ether oxygens (including phenoxy) is 2. The number of benzene rings is 1. The highest BCUT2D eigenvalue weighted by atomic mass is 32.1. The van der Waals surface area contributed by atoms with Crippen molar-refractivity contribution >= 4 is 37.5 Å². The lowest BCUT2D eigenvalue weighted by atomic mass is 10.1. The van der Waals surface area contributed by atoms with Gasteiger partial charge in [-0.3, -0.25) is 4.79 Å². The van der Waals surface area contributed by atoms with Gasteiger partial charge in [0, 0.05) is 38.0 Å². The summed E-state index contributed by atoms with van der Waals surface area (Å²) in [5.74, 6) is 0.0112. The summed E-state index contributed by atoms with van der Waals surface area (Å²) in [7, 11) is -1.67. The van der Waals surface area contributed by atoms with Gasteiger partial charge in [-0.2, -0.15) is 5.48 Å². The molecule has 1 saturated heterocycles. The lowest BCUT2D eigenvalue weighted by Crippen LogP contribution is -2.49. The Morgan fingerprint density at radius 1 is 1.32 bits per heavy atom. The van der Waals surface area contributed by atoms with E-state index in [0.29, 0.717) is 12.4 Å². The second-order valence-corrected chi connectivity index (χ2v) is 10.9. The Bertz CT molecular complexity index is 1030. The van der Waals surface area contributed by atoms with Crippen LogP contribution in [-0.2, 0) is 23.4 Å². The summed E-state index contributed by atoms with van der Waals surface area (Å²) in [4.78, 5) is 13.5. The first-order valence-electron chi connectivity index (χ1n) is 13.1. The van der Waals surface area contributed by atoms with Crippen LogP contribution in [0.3, 0.4) is 0 Å². The molecule has 0 aromatic heterocycles. The first-order chi connectivity index (χ1) is 18.7. The van der Waals surface area contributed by atoms with E-state index in [1.54, 1.807) is 17.2 Å². The smallest absolute Gasteiger partial charge is 0.277 e. The van der Waals surface area contributed by atoms with E-state index in [4.69, 9.17) is 32.2 Å². The van der Waals surface area contributed by atoms with Crippen LogP contribution < -0.4 is 16.1 Å². The van der Waals surface area contributed by atoms with Crippen LogP contribution in [-0.4, -0.2) is 63.8 Å². The van der Waals surface area contributed by atoms with Crippen LogP contribution in [0.2, 0.25) is 0 Å². The predicted octanol–water partition coefficient (Wildman–Crippen LogP) is 4.37. The summed E-state index contributed by atoms with van der Waals surface area (Å²) in [6.45, 7) is 16.2. The molecule has 0 bridgehead atoms. The third-order valence-electron chi connectivity index (χ3n) is 5.62. The van der Waals surface area contributed by atoms with Crippen molar-refractivity contribution in [2.45, 2.75) is 71.2 Å². The Balaban J connectivity index is 1.94. The zero-order valence-electron chi connectivity index (χ0n) is 23.2. The molecule has 2 heterocycles. The average molecular weight is 565 g/mol. The first kappa shape index (κ1) is 28.6. The van der Waals surface area contributed by atoms with E-state index >= 15 is 0 Å². The minimum absolute atomic E-state index is 0.0921. The van der Waals surface area contributed by atoms with Crippen molar-refractivity contribution in [2.75, 3.05) is 11.9 Å². The Morgan fingerprint density at radius 3 is 2.63 bits per heavy atom. The molecule has 3 N–H and O–H groups in total. The summed E-state index contributed by atoms with van der Waals surface area (Å²) >= 11 is 5.56. The summed E-state index contributed by atoms with van der Waals surface area (Å²) in [5.41, 5.74) is 3.66. The Hall–Kier alpha value is -2.37. The number of para-hydroxylation sites is 1. The molecule has 1 aromatic carbocycles. The first-order valence-corrected chi connectivity index (χ1v) is 13.9. The number of nitrogens with zero attached hydrogens (tertiary/aromatic N) is 2. The molecule has 0 saturated carbocycles. The topological polar surface area (TPSA) is 96.6 Å². The van der Waals surface area contributed by atoms with Gasteiger partial charge >= 0.3 is 0 Å². The molecule has 2 aliphatic rings. The summed E-state index contributed by atoms with van der Waals surface area (Å²) in [6.07, 6.45) is 1.58. The number of anilines is 1. The molecule has 0 radical (unpaired) electrons. The summed E-state index contributed by atoms with van der Waals surface area (Å²) in [5, 5.41) is 5.86. The molecule has 0 spiro atoms. The zero-order chi connectivity index (χ0) is 28.5. The number of amides is 1. The van der Waals surface area contributed by atoms with E-state index in [9.17, 15) is 4.79 Å². The van der Waals surface area contributed by atoms with Gasteiger partial charge in [0.1, 0.15) is 11.9 Å². The van der Waals surface area contributed by atoms with Crippen LogP contribution >= 0.6 is 20.7 Å². The van der Waals surface area contributed by atoms with Crippen molar-refractivity contribution in [3.05, 3.63) is 67.7 Å². The highest BCUT2D eigenvalue weighted by Crippen LogP contribution is 2.49. The van der Waals surface area contributed by atoms with E-state index in [-0.39, 0.29) is 30.1 Å². The van der Waals surface area contributed by atoms with Crippen molar-refractivity contribution in [1.82, 2.24) is 20.4 Å². The van der Waals surface area contributed by atoms with Crippen molar-refractivity contribution in [1.29, 1.82) is 0 Å². The monoisotopic (exact) mass is 564 g/mol. The summed E-state index contributed by atoms with van der Waals surface area (Å²) in [6, 6.07) is 9.58. The van der Waals surface area contributed by atoms with Crippen LogP contribution in [0.1, 0.15) is 36.0 Å². The molecule has 1 fully saturated rings. The van der Waals surface area contributed by atoms with Gasteiger partial charge in [0.25, 0.3) is 19.6 Å². The highest BCUT2D eigenvalue weighted by Gasteiger charge is 2.51. The van der Waals surface area contributed by atoms with Gasteiger partial charge in [-0.15, -0.1) is 6.58 Å². The number of rotatable bonds is 12. The van der Waals surface area contributed by atoms with E-state index in [0.717, 1.165) is 5.69 Å². The molecule has 0 aliphatic carbocycles. The maximum Gasteiger partial charge on any atom is 0.277 e. The standard InChI is InChI=1S/C26H38N5O5PS/c1-8-15-27-36-37(31(17(2)3)18(4)5)35-23-19(6)33-25(30-16-14-22(32)28-20(30)7)24(23)34-26(38)29-21-12-10-9-11-13-21/h8-14,16-19,23-25,27H,1,7,15H2,2-6H3,(H,28,32)(H,29,38)/t19-,23?,24+,25-,37?/m1/s1/i6D. The van der Waals surface area contributed by atoms with Crippen LogP contribution in [0.5, 0.6) is 0 Å². The molecular weight excluding hydrogens is 525 g/mol. The number of hydrogen-bond donors (Lipinski definition) is 3. The van der Waals surface area contributed by atoms with Gasteiger partial charge in [0.05, 0.1) is 6.10 Å². The van der Waals surface area contributed by atoms with Crippen LogP contribution in [0.15, 0.2) is 67.7 Å². The number of thiocarbonyl (C=S) groups is 1. The van der Waals surface area contributed by atoms with E-state index in [1.807, 2.05) is 30.3 Å². The molecule has 12 heteroatoms. The third kappa shape index (κ3) is 7.83. The van der Waals surface area contributed by atoms with Gasteiger partial charge in [0.2, 0.25) is 0 Å². The fraction of sp³-hybridized carbons (Fsp3) is 0.462. The second-order valence-electron chi connectivity index (χ2n) is 9.19. The summed E-state index contributed by atoms with van der Waals surface area (Å²) < 4.78 is 35.6. The maximum atomic E-state index is 11.9.